The van der Waals surface area contributed by atoms with Gasteiger partial charge in [0.05, 0.1) is 0 Å². The summed E-state index contributed by atoms with van der Waals surface area (Å²) >= 11 is 0. The van der Waals surface area contributed by atoms with E-state index in [4.69, 9.17) is 4.42 Å². The van der Waals surface area contributed by atoms with E-state index in [1.165, 1.54) is 12.8 Å². The van der Waals surface area contributed by atoms with Crippen LogP contribution in [0.25, 0.3) is 0 Å². The first kappa shape index (κ1) is 16.4. The Hall–Kier alpha value is -1.43. The lowest BCUT2D eigenvalue weighted by Crippen LogP contribution is -2.56. The van der Waals surface area contributed by atoms with Gasteiger partial charge in [0.15, 0.2) is 0 Å². The van der Waals surface area contributed by atoms with Crippen molar-refractivity contribution in [3.63, 3.8) is 0 Å². The topological polar surface area (TPSA) is 71.3 Å². The minimum atomic E-state index is -0.314. The molecular formula is C17H28N4O2. The number of hydrogen-bond donors (Lipinski definition) is 1. The van der Waals surface area contributed by atoms with Crippen molar-refractivity contribution in [2.45, 2.75) is 76.8 Å². The van der Waals surface area contributed by atoms with Crippen molar-refractivity contribution in [1.29, 1.82) is 0 Å². The summed E-state index contributed by atoms with van der Waals surface area (Å²) in [6.07, 6.45) is 6.60. The molecule has 1 N–H and O–H groups in total. The summed E-state index contributed by atoms with van der Waals surface area (Å²) in [7, 11) is 0. The van der Waals surface area contributed by atoms with Gasteiger partial charge in [0.1, 0.15) is 11.6 Å². The molecule has 23 heavy (non-hydrogen) atoms. The summed E-state index contributed by atoms with van der Waals surface area (Å²) in [5.41, 5.74) is -0.314. The van der Waals surface area contributed by atoms with E-state index in [0.29, 0.717) is 11.8 Å². The van der Waals surface area contributed by atoms with Crippen LogP contribution in [-0.2, 0) is 4.79 Å². The van der Waals surface area contributed by atoms with Crippen molar-refractivity contribution in [3.8, 4) is 0 Å². The van der Waals surface area contributed by atoms with E-state index in [2.05, 4.69) is 20.4 Å². The van der Waals surface area contributed by atoms with Crippen LogP contribution in [0.5, 0.6) is 0 Å². The van der Waals surface area contributed by atoms with Crippen LogP contribution in [0.15, 0.2) is 4.42 Å². The van der Waals surface area contributed by atoms with Gasteiger partial charge in [0, 0.05) is 5.92 Å². The first-order chi connectivity index (χ1) is 11.0. The smallest absolute Gasteiger partial charge is 0.241 e. The molecule has 1 aromatic rings. The van der Waals surface area contributed by atoms with Crippen LogP contribution in [0.1, 0.15) is 83.0 Å². The highest BCUT2D eigenvalue weighted by molar-refractivity contribution is 5.87. The average Bonchev–Trinajstić information content (AvgIpc) is 3.26. The zero-order valence-corrected chi connectivity index (χ0v) is 14.5. The fourth-order valence-electron chi connectivity index (χ4n) is 3.84. The Morgan fingerprint density at radius 2 is 1.70 bits per heavy atom. The summed E-state index contributed by atoms with van der Waals surface area (Å²) in [4.78, 5) is 15.4. The van der Waals surface area contributed by atoms with Crippen LogP contribution in [0.2, 0.25) is 0 Å². The van der Waals surface area contributed by atoms with Gasteiger partial charge in [-0.25, -0.2) is 0 Å². The van der Waals surface area contributed by atoms with Crippen LogP contribution in [-0.4, -0.2) is 39.6 Å². The molecule has 1 amide bonds. The monoisotopic (exact) mass is 320 g/mol. The Morgan fingerprint density at radius 3 is 2.26 bits per heavy atom. The van der Waals surface area contributed by atoms with E-state index in [1.54, 1.807) is 0 Å². The maximum Gasteiger partial charge on any atom is 0.241 e. The predicted octanol–water partition coefficient (Wildman–Crippen LogP) is 2.78. The molecule has 1 aliphatic heterocycles. The van der Waals surface area contributed by atoms with Crippen LogP contribution in [0, 0.1) is 0 Å². The van der Waals surface area contributed by atoms with Crippen molar-refractivity contribution in [2.75, 3.05) is 13.1 Å². The number of carbonyl (C=O) groups is 1. The molecular weight excluding hydrogens is 292 g/mol. The van der Waals surface area contributed by atoms with Crippen LogP contribution >= 0.6 is 0 Å². The van der Waals surface area contributed by atoms with Crippen molar-refractivity contribution >= 4 is 5.91 Å². The standard InChI is InChI=1S/C17H28N4O2/c1-12(2)14-19-20-15(23-14)13(3)18-16(22)17(8-4-5-9-17)21-10-6-7-11-21/h12-13H,4-11H2,1-3H3,(H,18,22)/t13-/m1/s1. The third-order valence-electron chi connectivity index (χ3n) is 5.23. The second-order valence-electron chi connectivity index (χ2n) is 7.26. The van der Waals surface area contributed by atoms with Gasteiger partial charge in [-0.3, -0.25) is 9.69 Å². The highest BCUT2D eigenvalue weighted by atomic mass is 16.4. The Balaban J connectivity index is 1.70. The third kappa shape index (κ3) is 3.13. The highest BCUT2D eigenvalue weighted by Crippen LogP contribution is 2.38. The molecule has 1 saturated heterocycles. The normalized spacial score (nSPS) is 22.6. The number of amides is 1. The van der Waals surface area contributed by atoms with Gasteiger partial charge >= 0.3 is 0 Å². The second-order valence-corrected chi connectivity index (χ2v) is 7.26. The Kier molecular flexibility index (Phi) is 4.71. The third-order valence-corrected chi connectivity index (χ3v) is 5.23. The Bertz CT molecular complexity index is 543. The molecule has 1 aromatic heterocycles. The maximum atomic E-state index is 13.0. The molecule has 6 heteroatoms. The Morgan fingerprint density at radius 1 is 1.09 bits per heavy atom. The largest absolute Gasteiger partial charge is 0.423 e. The fraction of sp³-hybridized carbons (Fsp3) is 0.824. The number of carbonyl (C=O) groups excluding carboxylic acids is 1. The van der Waals surface area contributed by atoms with Crippen molar-refractivity contribution in [2.24, 2.45) is 0 Å². The summed E-state index contributed by atoms with van der Waals surface area (Å²) in [6, 6.07) is -0.248. The lowest BCUT2D eigenvalue weighted by Gasteiger charge is -2.37. The van der Waals surface area contributed by atoms with Gasteiger partial charge in [0.25, 0.3) is 0 Å². The lowest BCUT2D eigenvalue weighted by atomic mass is 9.93. The number of nitrogens with zero attached hydrogens (tertiary/aromatic N) is 3. The molecule has 1 aliphatic carbocycles. The molecule has 1 atom stereocenters. The molecule has 0 unspecified atom stereocenters. The molecule has 0 aromatic carbocycles. The van der Waals surface area contributed by atoms with Gasteiger partial charge in [-0.05, 0) is 45.7 Å². The van der Waals surface area contributed by atoms with Crippen molar-refractivity contribution in [1.82, 2.24) is 20.4 Å². The molecule has 128 valence electrons. The van der Waals surface area contributed by atoms with Gasteiger partial charge < -0.3 is 9.73 Å². The van der Waals surface area contributed by atoms with Gasteiger partial charge in [-0.2, -0.15) is 0 Å². The number of likely N-dealkylation sites (tertiary alicyclic amines) is 1. The molecule has 2 aliphatic rings. The van der Waals surface area contributed by atoms with E-state index in [1.807, 2.05) is 20.8 Å². The molecule has 0 radical (unpaired) electrons. The number of hydrogen-bond acceptors (Lipinski definition) is 5. The van der Waals surface area contributed by atoms with Crippen molar-refractivity contribution in [3.05, 3.63) is 11.8 Å². The minimum absolute atomic E-state index is 0.133. The average molecular weight is 320 g/mol. The molecule has 6 nitrogen and oxygen atoms in total. The van der Waals surface area contributed by atoms with E-state index < -0.39 is 0 Å². The van der Waals surface area contributed by atoms with Crippen LogP contribution < -0.4 is 5.32 Å². The number of rotatable bonds is 5. The predicted molar refractivity (Wildman–Crippen MR) is 87.0 cm³/mol. The highest BCUT2D eigenvalue weighted by Gasteiger charge is 2.47. The molecule has 3 rings (SSSR count). The van der Waals surface area contributed by atoms with Gasteiger partial charge in [0.2, 0.25) is 17.7 Å². The SMILES string of the molecule is CC(C)c1nnc([C@@H](C)NC(=O)C2(N3CCCC3)CCCC2)o1. The molecule has 2 fully saturated rings. The summed E-state index contributed by atoms with van der Waals surface area (Å²) in [5, 5.41) is 11.3. The van der Waals surface area contributed by atoms with E-state index in [-0.39, 0.29) is 23.4 Å². The lowest BCUT2D eigenvalue weighted by molar-refractivity contribution is -0.133. The Labute approximate surface area is 138 Å². The molecule has 2 heterocycles. The first-order valence-electron chi connectivity index (χ1n) is 8.92. The zero-order valence-electron chi connectivity index (χ0n) is 14.5. The molecule has 0 spiro atoms. The molecule has 1 saturated carbocycles. The van der Waals surface area contributed by atoms with E-state index in [9.17, 15) is 4.79 Å². The molecule has 0 bridgehead atoms. The summed E-state index contributed by atoms with van der Waals surface area (Å²) in [6.45, 7) is 8.03. The summed E-state index contributed by atoms with van der Waals surface area (Å²) < 4.78 is 5.68. The van der Waals surface area contributed by atoms with Crippen LogP contribution in [0.4, 0.5) is 0 Å². The quantitative estimate of drug-likeness (QED) is 0.903. The van der Waals surface area contributed by atoms with Crippen molar-refractivity contribution < 1.29 is 9.21 Å². The first-order valence-corrected chi connectivity index (χ1v) is 8.92. The van der Waals surface area contributed by atoms with E-state index >= 15 is 0 Å². The number of aromatic nitrogens is 2. The van der Waals surface area contributed by atoms with Gasteiger partial charge in [-0.15, -0.1) is 10.2 Å². The zero-order chi connectivity index (χ0) is 16.4. The second kappa shape index (κ2) is 6.59. The maximum absolute atomic E-state index is 13.0. The van der Waals surface area contributed by atoms with Gasteiger partial charge in [-0.1, -0.05) is 26.7 Å². The fourth-order valence-corrected chi connectivity index (χ4v) is 3.84. The minimum Gasteiger partial charge on any atom is -0.423 e. The number of nitrogens with one attached hydrogen (secondary N) is 1. The summed E-state index contributed by atoms with van der Waals surface area (Å²) in [5.74, 6) is 1.45. The van der Waals surface area contributed by atoms with Crippen LogP contribution in [0.3, 0.4) is 0 Å². The van der Waals surface area contributed by atoms with E-state index in [0.717, 1.165) is 38.8 Å².